The Morgan fingerprint density at radius 2 is 2.12 bits per heavy atom. The average Bonchev–Trinajstić information content (AvgIpc) is 3.02. The Kier molecular flexibility index (Phi) is 5.85. The number of piperidine rings is 1. The minimum atomic E-state index is -3.61. The number of hydrogen-bond donors (Lipinski definition) is 1. The van der Waals surface area contributed by atoms with E-state index in [1.54, 1.807) is 12.1 Å². The number of benzene rings is 1. The monoisotopic (exact) mass is 462 g/mol. The Balaban J connectivity index is 1.71. The van der Waals surface area contributed by atoms with E-state index in [1.807, 2.05) is 18.2 Å². The molecule has 2 heterocycles. The van der Waals surface area contributed by atoms with Crippen LogP contribution < -0.4 is 5.32 Å². The lowest BCUT2D eigenvalue weighted by Gasteiger charge is -2.30. The third-order valence-corrected chi connectivity index (χ3v) is 8.05. The van der Waals surface area contributed by atoms with Crippen molar-refractivity contribution < 1.29 is 13.2 Å². The SMILES string of the molecule is O=C(Nc1cccc(Br)c1)C1CCCN(S(=O)(=O)c2ccc(Cl)s2)C1. The van der Waals surface area contributed by atoms with Crippen molar-refractivity contribution in [3.8, 4) is 0 Å². The highest BCUT2D eigenvalue weighted by Gasteiger charge is 2.34. The van der Waals surface area contributed by atoms with E-state index in [2.05, 4.69) is 21.2 Å². The largest absolute Gasteiger partial charge is 0.326 e. The van der Waals surface area contributed by atoms with E-state index in [0.717, 1.165) is 15.8 Å². The Bertz CT molecular complexity index is 885. The Hall–Kier alpha value is -0.930. The van der Waals surface area contributed by atoms with E-state index in [0.29, 0.717) is 29.4 Å². The predicted molar refractivity (Wildman–Crippen MR) is 104 cm³/mol. The third-order valence-electron chi connectivity index (χ3n) is 3.99. The number of carbonyl (C=O) groups is 1. The van der Waals surface area contributed by atoms with Crippen LogP contribution in [-0.2, 0) is 14.8 Å². The van der Waals surface area contributed by atoms with Crippen LogP contribution >= 0.6 is 38.9 Å². The molecule has 1 fully saturated rings. The zero-order valence-corrected chi connectivity index (χ0v) is 17.1. The van der Waals surface area contributed by atoms with Gasteiger partial charge in [-0.05, 0) is 43.2 Å². The summed E-state index contributed by atoms with van der Waals surface area (Å²) >= 11 is 10.3. The zero-order valence-electron chi connectivity index (χ0n) is 13.1. The number of amides is 1. The van der Waals surface area contributed by atoms with Gasteiger partial charge in [-0.15, -0.1) is 11.3 Å². The van der Waals surface area contributed by atoms with Gasteiger partial charge >= 0.3 is 0 Å². The van der Waals surface area contributed by atoms with E-state index in [4.69, 9.17) is 11.6 Å². The van der Waals surface area contributed by atoms with Crippen LogP contribution in [0.25, 0.3) is 0 Å². The zero-order chi connectivity index (χ0) is 18.0. The summed E-state index contributed by atoms with van der Waals surface area (Å²) in [6, 6.07) is 10.4. The maximum atomic E-state index is 12.7. The molecule has 1 aliphatic heterocycles. The second-order valence-electron chi connectivity index (χ2n) is 5.76. The molecule has 1 atom stereocenters. The van der Waals surface area contributed by atoms with Crippen LogP contribution in [0.4, 0.5) is 5.69 Å². The first-order valence-corrected chi connectivity index (χ1v) is 11.1. The summed E-state index contributed by atoms with van der Waals surface area (Å²) < 4.78 is 28.3. The molecular weight excluding hydrogens is 448 g/mol. The second-order valence-corrected chi connectivity index (χ2v) is 10.6. The van der Waals surface area contributed by atoms with Crippen LogP contribution in [0.5, 0.6) is 0 Å². The number of sulfonamides is 1. The molecular formula is C16H16BrClN2O3S2. The quantitative estimate of drug-likeness (QED) is 0.739. The lowest BCUT2D eigenvalue weighted by molar-refractivity contribution is -0.120. The van der Waals surface area contributed by atoms with Crippen LogP contribution in [0.1, 0.15) is 12.8 Å². The molecule has 5 nitrogen and oxygen atoms in total. The summed E-state index contributed by atoms with van der Waals surface area (Å²) in [5.74, 6) is -0.542. The molecule has 0 radical (unpaired) electrons. The minimum absolute atomic E-state index is 0.165. The van der Waals surface area contributed by atoms with Gasteiger partial charge in [-0.2, -0.15) is 4.31 Å². The Morgan fingerprint density at radius 1 is 1.32 bits per heavy atom. The molecule has 1 N–H and O–H groups in total. The molecule has 2 aromatic rings. The molecule has 1 aromatic carbocycles. The Morgan fingerprint density at radius 3 is 2.80 bits per heavy atom. The van der Waals surface area contributed by atoms with Crippen molar-refractivity contribution in [2.45, 2.75) is 17.1 Å². The van der Waals surface area contributed by atoms with Gasteiger partial charge < -0.3 is 5.32 Å². The molecule has 9 heteroatoms. The number of hydrogen-bond acceptors (Lipinski definition) is 4. The number of carbonyl (C=O) groups excluding carboxylic acids is 1. The number of anilines is 1. The fourth-order valence-electron chi connectivity index (χ4n) is 2.75. The lowest BCUT2D eigenvalue weighted by Crippen LogP contribution is -2.43. The van der Waals surface area contributed by atoms with Crippen molar-refractivity contribution in [1.82, 2.24) is 4.31 Å². The first kappa shape index (κ1) is 18.8. The third kappa shape index (κ3) is 4.43. The van der Waals surface area contributed by atoms with Gasteiger partial charge in [-0.1, -0.05) is 33.6 Å². The number of nitrogens with zero attached hydrogens (tertiary/aromatic N) is 1. The normalized spacial score (nSPS) is 18.9. The predicted octanol–water partition coefficient (Wildman–Crippen LogP) is 4.20. The number of thiophene rings is 1. The highest BCUT2D eigenvalue weighted by molar-refractivity contribution is 9.10. The number of halogens is 2. The van der Waals surface area contributed by atoms with Gasteiger partial charge in [-0.3, -0.25) is 4.79 Å². The molecule has 134 valence electrons. The summed E-state index contributed by atoms with van der Waals surface area (Å²) in [6.07, 6.45) is 1.31. The van der Waals surface area contributed by atoms with Gasteiger partial charge in [0.05, 0.1) is 10.3 Å². The summed E-state index contributed by atoms with van der Waals surface area (Å²) in [5, 5.41) is 2.86. The lowest BCUT2D eigenvalue weighted by atomic mass is 9.99. The molecule has 1 aromatic heterocycles. The highest BCUT2D eigenvalue weighted by atomic mass is 79.9. The van der Waals surface area contributed by atoms with Gasteiger partial charge in [0.1, 0.15) is 4.21 Å². The standard InChI is InChI=1S/C16H16BrClN2O3S2/c17-12-4-1-5-13(9-12)19-16(21)11-3-2-8-20(10-11)25(22,23)15-7-6-14(18)24-15/h1,4-7,9,11H,2-3,8,10H2,(H,19,21). The minimum Gasteiger partial charge on any atom is -0.326 e. The molecule has 3 rings (SSSR count). The summed E-state index contributed by atoms with van der Waals surface area (Å²) in [4.78, 5) is 12.5. The number of rotatable bonds is 4. The highest BCUT2D eigenvalue weighted by Crippen LogP contribution is 2.31. The smallest absolute Gasteiger partial charge is 0.252 e. The molecule has 1 unspecified atom stereocenters. The van der Waals surface area contributed by atoms with Gasteiger partial charge in [-0.25, -0.2) is 8.42 Å². The maximum absolute atomic E-state index is 12.7. The topological polar surface area (TPSA) is 66.5 Å². The number of nitrogens with one attached hydrogen (secondary N) is 1. The van der Waals surface area contributed by atoms with Gasteiger partial charge in [0.25, 0.3) is 10.0 Å². The summed E-state index contributed by atoms with van der Waals surface area (Å²) in [7, 11) is -3.61. The van der Waals surface area contributed by atoms with Crippen molar-refractivity contribution in [1.29, 1.82) is 0 Å². The van der Waals surface area contributed by atoms with E-state index in [9.17, 15) is 13.2 Å². The fourth-order valence-corrected chi connectivity index (χ4v) is 6.31. The molecule has 1 saturated heterocycles. The van der Waals surface area contributed by atoms with Crippen LogP contribution in [0.2, 0.25) is 4.34 Å². The van der Waals surface area contributed by atoms with E-state index in [-0.39, 0.29) is 22.6 Å². The van der Waals surface area contributed by atoms with E-state index < -0.39 is 10.0 Å². The molecule has 0 saturated carbocycles. The van der Waals surface area contributed by atoms with Crippen LogP contribution in [0, 0.1) is 5.92 Å². The van der Waals surface area contributed by atoms with E-state index in [1.165, 1.54) is 10.4 Å². The van der Waals surface area contributed by atoms with Crippen molar-refractivity contribution >= 4 is 60.5 Å². The molecule has 0 spiro atoms. The van der Waals surface area contributed by atoms with Crippen LogP contribution in [0.3, 0.4) is 0 Å². The van der Waals surface area contributed by atoms with Crippen molar-refractivity contribution in [2.75, 3.05) is 18.4 Å². The first-order chi connectivity index (χ1) is 11.9. The van der Waals surface area contributed by atoms with Gasteiger partial charge in [0, 0.05) is 23.2 Å². The molecule has 0 aliphatic carbocycles. The maximum Gasteiger partial charge on any atom is 0.252 e. The summed E-state index contributed by atoms with van der Waals surface area (Å²) in [5.41, 5.74) is 0.685. The van der Waals surface area contributed by atoms with Crippen molar-refractivity contribution in [3.63, 3.8) is 0 Å². The summed E-state index contributed by atoms with van der Waals surface area (Å²) in [6.45, 7) is 0.593. The molecule has 25 heavy (non-hydrogen) atoms. The van der Waals surface area contributed by atoms with Crippen LogP contribution in [0.15, 0.2) is 45.1 Å². The van der Waals surface area contributed by atoms with Crippen molar-refractivity contribution in [3.05, 3.63) is 45.2 Å². The second kappa shape index (κ2) is 7.75. The van der Waals surface area contributed by atoms with Crippen LogP contribution in [-0.4, -0.2) is 31.7 Å². The van der Waals surface area contributed by atoms with Gasteiger partial charge in [0.2, 0.25) is 5.91 Å². The average molecular weight is 464 g/mol. The molecule has 1 amide bonds. The van der Waals surface area contributed by atoms with E-state index >= 15 is 0 Å². The fraction of sp³-hybridized carbons (Fsp3) is 0.312. The Labute approximate surface area is 164 Å². The first-order valence-electron chi connectivity index (χ1n) is 7.68. The van der Waals surface area contributed by atoms with Crippen molar-refractivity contribution in [2.24, 2.45) is 5.92 Å². The molecule has 1 aliphatic rings. The molecule has 0 bridgehead atoms. The van der Waals surface area contributed by atoms with Gasteiger partial charge in [0.15, 0.2) is 0 Å².